The Bertz CT molecular complexity index is 393. The number of aliphatic carboxylic acids is 1. The zero-order chi connectivity index (χ0) is 13.9. The molecule has 7 nitrogen and oxygen atoms in total. The summed E-state index contributed by atoms with van der Waals surface area (Å²) in [6.07, 6.45) is -1.08. The Hall–Kier alpha value is -0.700. The SMILES string of the molecule is CC(C)OCCS(=O)(=O)N1C[C@@H](O)C[C@H]1C(=O)O. The molecule has 106 valence electrons. The van der Waals surface area contributed by atoms with Gasteiger partial charge in [0.05, 0.1) is 24.6 Å². The van der Waals surface area contributed by atoms with Gasteiger partial charge in [-0.25, -0.2) is 8.42 Å². The largest absolute Gasteiger partial charge is 0.480 e. The summed E-state index contributed by atoms with van der Waals surface area (Å²) < 4.78 is 29.9. The molecule has 8 heteroatoms. The van der Waals surface area contributed by atoms with Gasteiger partial charge >= 0.3 is 5.97 Å². The summed E-state index contributed by atoms with van der Waals surface area (Å²) in [7, 11) is -3.72. The number of aliphatic hydroxyl groups excluding tert-OH is 1. The van der Waals surface area contributed by atoms with E-state index in [1.54, 1.807) is 13.8 Å². The standard InChI is InChI=1S/C10H19NO6S/c1-7(2)17-3-4-18(15,16)11-6-8(12)5-9(11)10(13)14/h7-9,12H,3-6H2,1-2H3,(H,13,14)/t8-,9-/m0/s1. The Morgan fingerprint density at radius 2 is 2.11 bits per heavy atom. The monoisotopic (exact) mass is 281 g/mol. The number of aliphatic hydroxyl groups is 1. The van der Waals surface area contributed by atoms with Crippen molar-refractivity contribution in [3.05, 3.63) is 0 Å². The predicted molar refractivity (Wildman–Crippen MR) is 63.6 cm³/mol. The molecule has 0 radical (unpaired) electrons. The molecule has 0 bridgehead atoms. The number of carbonyl (C=O) groups is 1. The lowest BCUT2D eigenvalue weighted by molar-refractivity contribution is -0.140. The average molecular weight is 281 g/mol. The van der Waals surface area contributed by atoms with E-state index in [1.165, 1.54) is 0 Å². The van der Waals surface area contributed by atoms with Gasteiger partial charge in [-0.15, -0.1) is 0 Å². The van der Waals surface area contributed by atoms with Crippen LogP contribution in [-0.2, 0) is 19.6 Å². The maximum Gasteiger partial charge on any atom is 0.322 e. The van der Waals surface area contributed by atoms with Crippen LogP contribution in [0, 0.1) is 0 Å². The highest BCUT2D eigenvalue weighted by molar-refractivity contribution is 7.89. The molecule has 1 heterocycles. The third kappa shape index (κ3) is 3.91. The summed E-state index contributed by atoms with van der Waals surface area (Å²) in [6, 6.07) is -1.18. The maximum atomic E-state index is 11.9. The minimum atomic E-state index is -3.72. The number of sulfonamides is 1. The zero-order valence-corrected chi connectivity index (χ0v) is 11.3. The summed E-state index contributed by atoms with van der Waals surface area (Å²) in [4.78, 5) is 10.9. The Kier molecular flexibility index (Phi) is 5.09. The molecule has 2 atom stereocenters. The first kappa shape index (κ1) is 15.4. The molecule has 0 spiro atoms. The van der Waals surface area contributed by atoms with E-state index >= 15 is 0 Å². The Morgan fingerprint density at radius 1 is 1.50 bits per heavy atom. The lowest BCUT2D eigenvalue weighted by Crippen LogP contribution is -2.42. The number of hydrogen-bond donors (Lipinski definition) is 2. The normalized spacial score (nSPS) is 25.8. The minimum absolute atomic E-state index is 0.0128. The molecule has 0 amide bonds. The van der Waals surface area contributed by atoms with E-state index in [0.29, 0.717) is 0 Å². The average Bonchev–Trinajstić information content (AvgIpc) is 2.60. The van der Waals surface area contributed by atoms with Gasteiger partial charge in [0.1, 0.15) is 6.04 Å². The van der Waals surface area contributed by atoms with Crippen molar-refractivity contribution in [2.45, 2.75) is 38.5 Å². The molecule has 18 heavy (non-hydrogen) atoms. The van der Waals surface area contributed by atoms with E-state index in [-0.39, 0.29) is 31.4 Å². The van der Waals surface area contributed by atoms with Gasteiger partial charge in [-0.1, -0.05) is 0 Å². The fraction of sp³-hybridized carbons (Fsp3) is 0.900. The van der Waals surface area contributed by atoms with Gasteiger partial charge in [0.25, 0.3) is 0 Å². The number of carboxylic acid groups (broad SMARTS) is 1. The fourth-order valence-corrected chi connectivity index (χ4v) is 3.33. The second kappa shape index (κ2) is 5.96. The molecule has 0 aromatic rings. The van der Waals surface area contributed by atoms with Crippen molar-refractivity contribution < 1.29 is 28.2 Å². The van der Waals surface area contributed by atoms with Crippen LogP contribution in [0.25, 0.3) is 0 Å². The van der Waals surface area contributed by atoms with Gasteiger partial charge in [-0.05, 0) is 13.8 Å². The van der Waals surface area contributed by atoms with Gasteiger partial charge in [0, 0.05) is 13.0 Å². The highest BCUT2D eigenvalue weighted by atomic mass is 32.2. The molecule has 0 unspecified atom stereocenters. The topological polar surface area (TPSA) is 104 Å². The number of carboxylic acids is 1. The third-order valence-electron chi connectivity index (χ3n) is 2.67. The molecule has 1 fully saturated rings. The Morgan fingerprint density at radius 3 is 2.61 bits per heavy atom. The lowest BCUT2D eigenvalue weighted by atomic mass is 10.2. The second-order valence-corrected chi connectivity index (χ2v) is 6.59. The van der Waals surface area contributed by atoms with Gasteiger partial charge in [-0.3, -0.25) is 4.79 Å². The molecular weight excluding hydrogens is 262 g/mol. The van der Waals surface area contributed by atoms with Crippen LogP contribution in [0.1, 0.15) is 20.3 Å². The summed E-state index contributed by atoms with van der Waals surface area (Å²) in [5, 5.41) is 18.3. The molecule has 0 saturated carbocycles. The summed E-state index contributed by atoms with van der Waals surface area (Å²) in [5.74, 6) is -1.51. The molecule has 1 rings (SSSR count). The van der Waals surface area contributed by atoms with E-state index in [0.717, 1.165) is 4.31 Å². The van der Waals surface area contributed by atoms with Crippen molar-refractivity contribution in [1.29, 1.82) is 0 Å². The maximum absolute atomic E-state index is 11.9. The molecule has 0 aromatic carbocycles. The van der Waals surface area contributed by atoms with Crippen molar-refractivity contribution in [3.8, 4) is 0 Å². The molecule has 0 aliphatic carbocycles. The van der Waals surface area contributed by atoms with E-state index < -0.39 is 28.1 Å². The Labute approximate surface area is 106 Å². The van der Waals surface area contributed by atoms with E-state index in [2.05, 4.69) is 0 Å². The molecule has 1 saturated heterocycles. The van der Waals surface area contributed by atoms with E-state index in [4.69, 9.17) is 9.84 Å². The molecule has 2 N–H and O–H groups in total. The van der Waals surface area contributed by atoms with Gasteiger partial charge in [0.15, 0.2) is 0 Å². The molecular formula is C10H19NO6S. The zero-order valence-electron chi connectivity index (χ0n) is 10.4. The highest BCUT2D eigenvalue weighted by Crippen LogP contribution is 2.22. The fourth-order valence-electron chi connectivity index (χ4n) is 1.82. The van der Waals surface area contributed by atoms with Crippen LogP contribution >= 0.6 is 0 Å². The van der Waals surface area contributed by atoms with Crippen LogP contribution in [-0.4, -0.2) is 66.1 Å². The summed E-state index contributed by atoms with van der Waals surface area (Å²) >= 11 is 0. The summed E-state index contributed by atoms with van der Waals surface area (Å²) in [6.45, 7) is 3.42. The first-order valence-corrected chi connectivity index (χ1v) is 7.37. The second-order valence-electron chi connectivity index (χ2n) is 4.55. The molecule has 1 aliphatic rings. The first-order valence-electron chi connectivity index (χ1n) is 5.76. The third-order valence-corrected chi connectivity index (χ3v) is 4.47. The number of rotatable bonds is 6. The first-order chi connectivity index (χ1) is 8.24. The van der Waals surface area contributed by atoms with Crippen LogP contribution in [0.3, 0.4) is 0 Å². The number of hydrogen-bond acceptors (Lipinski definition) is 5. The Balaban J connectivity index is 2.68. The van der Waals surface area contributed by atoms with Crippen LogP contribution < -0.4 is 0 Å². The van der Waals surface area contributed by atoms with Gasteiger partial charge in [0.2, 0.25) is 10.0 Å². The van der Waals surface area contributed by atoms with E-state index in [1.807, 2.05) is 0 Å². The van der Waals surface area contributed by atoms with Crippen LogP contribution in [0.15, 0.2) is 0 Å². The summed E-state index contributed by atoms with van der Waals surface area (Å²) in [5.41, 5.74) is 0. The minimum Gasteiger partial charge on any atom is -0.480 e. The van der Waals surface area contributed by atoms with Crippen molar-refractivity contribution in [3.63, 3.8) is 0 Å². The van der Waals surface area contributed by atoms with Crippen molar-refractivity contribution >= 4 is 16.0 Å². The van der Waals surface area contributed by atoms with Crippen molar-refractivity contribution in [2.75, 3.05) is 18.9 Å². The van der Waals surface area contributed by atoms with Gasteiger partial charge < -0.3 is 14.9 Å². The molecule has 0 aromatic heterocycles. The van der Waals surface area contributed by atoms with Crippen LogP contribution in [0.4, 0.5) is 0 Å². The predicted octanol–water partition coefficient (Wildman–Crippen LogP) is -0.739. The number of ether oxygens (including phenoxy) is 1. The van der Waals surface area contributed by atoms with Crippen LogP contribution in [0.5, 0.6) is 0 Å². The smallest absolute Gasteiger partial charge is 0.322 e. The quantitative estimate of drug-likeness (QED) is 0.664. The number of β-amino-alcohol motifs (C(OH)–C–C–N with tert-alkyl or cyclic N) is 1. The van der Waals surface area contributed by atoms with Gasteiger partial charge in [-0.2, -0.15) is 4.31 Å². The van der Waals surface area contributed by atoms with Crippen molar-refractivity contribution in [2.24, 2.45) is 0 Å². The lowest BCUT2D eigenvalue weighted by Gasteiger charge is -2.20. The highest BCUT2D eigenvalue weighted by Gasteiger charge is 2.42. The molecule has 1 aliphatic heterocycles. The van der Waals surface area contributed by atoms with E-state index in [9.17, 15) is 18.3 Å². The number of nitrogens with zero attached hydrogens (tertiary/aromatic N) is 1. The van der Waals surface area contributed by atoms with Crippen LogP contribution in [0.2, 0.25) is 0 Å². The van der Waals surface area contributed by atoms with Crippen molar-refractivity contribution in [1.82, 2.24) is 4.31 Å².